The third-order valence-electron chi connectivity index (χ3n) is 2.87. The predicted molar refractivity (Wildman–Crippen MR) is 77.6 cm³/mol. The minimum Gasteiger partial charge on any atom is -0.382 e. The summed E-state index contributed by atoms with van der Waals surface area (Å²) in [5, 5.41) is 0. The second-order valence-electron chi connectivity index (χ2n) is 4.24. The predicted octanol–water partition coefficient (Wildman–Crippen LogP) is 2.48. The number of nitrogens with two attached hydrogens (primary N) is 1. The number of hydrogen-bond acceptors (Lipinski definition) is 4. The van der Waals surface area contributed by atoms with Crippen LogP contribution in [0.1, 0.15) is 11.4 Å². The lowest BCUT2D eigenvalue weighted by atomic mass is 10.1. The first-order chi connectivity index (χ1) is 9.22. The largest absolute Gasteiger partial charge is 0.382 e. The number of nitrogens with zero attached hydrogens (tertiary/aromatic N) is 3. The molecule has 0 aliphatic rings. The van der Waals surface area contributed by atoms with Gasteiger partial charge in [0, 0.05) is 6.42 Å². The minimum atomic E-state index is 0.412. The molecule has 0 unspecified atom stereocenters. The average molecular weight is 318 g/mol. The Morgan fingerprint density at radius 1 is 1.05 bits per heavy atom. The molecule has 0 atom stereocenters. The summed E-state index contributed by atoms with van der Waals surface area (Å²) in [6.45, 7) is 0. The Morgan fingerprint density at radius 3 is 2.63 bits per heavy atom. The Morgan fingerprint density at radius 2 is 1.84 bits per heavy atom. The van der Waals surface area contributed by atoms with Crippen molar-refractivity contribution in [3.63, 3.8) is 0 Å². The fraction of sp³-hybridized carbons (Fsp3) is 0.154. The summed E-state index contributed by atoms with van der Waals surface area (Å²) in [6.07, 6.45) is 1.64. The lowest BCUT2D eigenvalue weighted by Crippen LogP contribution is -2.02. The standard InChI is InChI=1S/C13H12BrN5/c14-13-18-10-11(15)16-9(17-12(10)19-13)7-6-8-4-2-1-3-5-8/h1-5H,6-7H2,(H3,15,16,17,18,19). The van der Waals surface area contributed by atoms with Gasteiger partial charge in [-0.15, -0.1) is 0 Å². The SMILES string of the molecule is Nc1nc(CCc2ccccc2)nc2[nH]c(Br)nc12. The first kappa shape index (κ1) is 12.1. The minimum absolute atomic E-state index is 0.412. The monoisotopic (exact) mass is 317 g/mol. The van der Waals surface area contributed by atoms with Gasteiger partial charge in [0.05, 0.1) is 0 Å². The second kappa shape index (κ2) is 4.97. The van der Waals surface area contributed by atoms with Crippen molar-refractivity contribution in [2.75, 3.05) is 5.73 Å². The number of aromatic nitrogens is 4. The number of H-pyrrole nitrogens is 1. The van der Waals surface area contributed by atoms with Crippen molar-refractivity contribution < 1.29 is 0 Å². The van der Waals surface area contributed by atoms with Gasteiger partial charge in [-0.1, -0.05) is 30.3 Å². The summed E-state index contributed by atoms with van der Waals surface area (Å²) < 4.78 is 0.615. The average Bonchev–Trinajstić information content (AvgIpc) is 2.79. The molecule has 0 bridgehead atoms. The van der Waals surface area contributed by atoms with Gasteiger partial charge in [-0.2, -0.15) is 0 Å². The molecule has 0 saturated carbocycles. The van der Waals surface area contributed by atoms with Crippen LogP contribution in [0.4, 0.5) is 5.82 Å². The zero-order chi connectivity index (χ0) is 13.2. The molecule has 5 nitrogen and oxygen atoms in total. The number of anilines is 1. The highest BCUT2D eigenvalue weighted by atomic mass is 79.9. The Kier molecular flexibility index (Phi) is 3.16. The zero-order valence-corrected chi connectivity index (χ0v) is 11.7. The Labute approximate surface area is 118 Å². The fourth-order valence-corrected chi connectivity index (χ4v) is 2.32. The summed E-state index contributed by atoms with van der Waals surface area (Å²) in [5.74, 6) is 1.14. The highest BCUT2D eigenvalue weighted by molar-refractivity contribution is 9.10. The molecule has 3 aromatic rings. The van der Waals surface area contributed by atoms with Crippen LogP contribution in [0, 0.1) is 0 Å². The molecule has 0 saturated heterocycles. The second-order valence-corrected chi connectivity index (χ2v) is 4.99. The Bertz CT molecular complexity index is 708. The zero-order valence-electron chi connectivity index (χ0n) is 10.1. The summed E-state index contributed by atoms with van der Waals surface area (Å²) in [6, 6.07) is 10.2. The Hall–Kier alpha value is -1.95. The molecule has 96 valence electrons. The molecular formula is C13H12BrN5. The maximum atomic E-state index is 5.88. The van der Waals surface area contributed by atoms with Crippen LogP contribution in [0.25, 0.3) is 11.2 Å². The van der Waals surface area contributed by atoms with E-state index in [2.05, 4.69) is 48.0 Å². The third kappa shape index (κ3) is 2.58. The van der Waals surface area contributed by atoms with Crippen LogP contribution < -0.4 is 5.73 Å². The lowest BCUT2D eigenvalue weighted by molar-refractivity contribution is 0.870. The number of fused-ring (bicyclic) bond motifs is 1. The highest BCUT2D eigenvalue weighted by Gasteiger charge is 2.09. The first-order valence-electron chi connectivity index (χ1n) is 5.94. The van der Waals surface area contributed by atoms with Gasteiger partial charge >= 0.3 is 0 Å². The van der Waals surface area contributed by atoms with E-state index in [1.54, 1.807) is 0 Å². The normalized spacial score (nSPS) is 11.0. The van der Waals surface area contributed by atoms with Crippen LogP contribution in [-0.4, -0.2) is 19.9 Å². The maximum absolute atomic E-state index is 5.88. The van der Waals surface area contributed by atoms with Gasteiger partial charge in [-0.05, 0) is 27.9 Å². The fourth-order valence-electron chi connectivity index (χ4n) is 1.95. The molecule has 0 aliphatic heterocycles. The van der Waals surface area contributed by atoms with E-state index in [1.807, 2.05) is 18.2 Å². The van der Waals surface area contributed by atoms with Crippen LogP contribution in [0.15, 0.2) is 35.1 Å². The van der Waals surface area contributed by atoms with Crippen molar-refractivity contribution >= 4 is 32.9 Å². The molecule has 6 heteroatoms. The smallest absolute Gasteiger partial charge is 0.176 e. The number of aryl methyl sites for hydroxylation is 2. The summed E-state index contributed by atoms with van der Waals surface area (Å²) in [4.78, 5) is 15.9. The molecule has 2 heterocycles. The van der Waals surface area contributed by atoms with Gasteiger partial charge in [0.15, 0.2) is 21.7 Å². The van der Waals surface area contributed by atoms with Crippen molar-refractivity contribution in [2.45, 2.75) is 12.8 Å². The van der Waals surface area contributed by atoms with E-state index in [4.69, 9.17) is 5.73 Å². The quantitative estimate of drug-likeness (QED) is 0.727. The summed E-state index contributed by atoms with van der Waals surface area (Å²) in [5.41, 5.74) is 8.42. The number of halogens is 1. The molecule has 19 heavy (non-hydrogen) atoms. The molecule has 0 amide bonds. The van der Waals surface area contributed by atoms with Crippen molar-refractivity contribution in [3.05, 3.63) is 46.5 Å². The molecule has 3 rings (SSSR count). The van der Waals surface area contributed by atoms with E-state index in [-0.39, 0.29) is 0 Å². The number of rotatable bonds is 3. The molecule has 0 spiro atoms. The molecule has 1 aromatic carbocycles. The number of imidazole rings is 1. The summed E-state index contributed by atoms with van der Waals surface area (Å²) >= 11 is 3.27. The van der Waals surface area contributed by atoms with Gasteiger partial charge in [-0.25, -0.2) is 15.0 Å². The molecule has 0 radical (unpaired) electrons. The number of benzene rings is 1. The van der Waals surface area contributed by atoms with Crippen LogP contribution in [-0.2, 0) is 12.8 Å². The van der Waals surface area contributed by atoms with Crippen LogP contribution in [0.2, 0.25) is 0 Å². The van der Waals surface area contributed by atoms with Crippen LogP contribution >= 0.6 is 15.9 Å². The topological polar surface area (TPSA) is 80.5 Å². The van der Waals surface area contributed by atoms with Crippen molar-refractivity contribution in [1.29, 1.82) is 0 Å². The molecule has 2 aromatic heterocycles. The van der Waals surface area contributed by atoms with Crippen LogP contribution in [0.5, 0.6) is 0 Å². The highest BCUT2D eigenvalue weighted by Crippen LogP contribution is 2.18. The first-order valence-corrected chi connectivity index (χ1v) is 6.73. The van der Waals surface area contributed by atoms with Crippen molar-refractivity contribution in [2.24, 2.45) is 0 Å². The van der Waals surface area contributed by atoms with E-state index < -0.39 is 0 Å². The molecule has 3 N–H and O–H groups in total. The van der Waals surface area contributed by atoms with Gasteiger partial charge < -0.3 is 10.7 Å². The van der Waals surface area contributed by atoms with E-state index in [0.29, 0.717) is 21.7 Å². The summed E-state index contributed by atoms with van der Waals surface area (Å²) in [7, 11) is 0. The van der Waals surface area contributed by atoms with E-state index in [1.165, 1.54) is 5.56 Å². The molecule has 0 fully saturated rings. The van der Waals surface area contributed by atoms with Gasteiger partial charge in [0.25, 0.3) is 0 Å². The van der Waals surface area contributed by atoms with E-state index >= 15 is 0 Å². The Balaban J connectivity index is 1.85. The van der Waals surface area contributed by atoms with E-state index in [0.717, 1.165) is 18.7 Å². The third-order valence-corrected chi connectivity index (χ3v) is 3.24. The van der Waals surface area contributed by atoms with Gasteiger partial charge in [0.2, 0.25) is 0 Å². The van der Waals surface area contributed by atoms with E-state index in [9.17, 15) is 0 Å². The molecular weight excluding hydrogens is 306 g/mol. The van der Waals surface area contributed by atoms with Gasteiger partial charge in [0.1, 0.15) is 5.82 Å². The van der Waals surface area contributed by atoms with Crippen LogP contribution in [0.3, 0.4) is 0 Å². The number of aromatic amines is 1. The van der Waals surface area contributed by atoms with Gasteiger partial charge in [-0.3, -0.25) is 0 Å². The van der Waals surface area contributed by atoms with Crippen molar-refractivity contribution in [3.8, 4) is 0 Å². The number of nitrogens with one attached hydrogen (secondary N) is 1. The lowest BCUT2D eigenvalue weighted by Gasteiger charge is -2.02. The van der Waals surface area contributed by atoms with Crippen molar-refractivity contribution in [1.82, 2.24) is 19.9 Å². The number of hydrogen-bond donors (Lipinski definition) is 2. The number of nitrogen functional groups attached to an aromatic ring is 1. The maximum Gasteiger partial charge on any atom is 0.176 e. The molecule has 0 aliphatic carbocycles.